The summed E-state index contributed by atoms with van der Waals surface area (Å²) in [6, 6.07) is -0.234. The molecular formula is C6H14N2O3S. The van der Waals surface area contributed by atoms with Gasteiger partial charge in [-0.15, -0.1) is 0 Å². The number of hydrogen-bond acceptors (Lipinski definition) is 3. The Morgan fingerprint density at radius 2 is 2.33 bits per heavy atom. The van der Waals surface area contributed by atoms with Crippen LogP contribution in [0.15, 0.2) is 0 Å². The second-order valence-electron chi connectivity index (χ2n) is 3.00. The quantitative estimate of drug-likeness (QED) is 0.626. The van der Waals surface area contributed by atoms with Crippen LogP contribution in [0.2, 0.25) is 0 Å². The molecule has 0 bridgehead atoms. The highest BCUT2D eigenvalue weighted by atomic mass is 32.2. The molecule has 0 radical (unpaired) electrons. The summed E-state index contributed by atoms with van der Waals surface area (Å²) in [5.74, 6) is 0. The molecule has 1 rings (SSSR count). The zero-order valence-electron chi connectivity index (χ0n) is 6.99. The average Bonchev–Trinajstić information content (AvgIpc) is 2.32. The molecule has 72 valence electrons. The smallest absolute Gasteiger partial charge is 0.274 e. The van der Waals surface area contributed by atoms with Crippen LogP contribution in [-0.2, 0) is 14.9 Å². The van der Waals surface area contributed by atoms with Crippen LogP contribution in [0.25, 0.3) is 0 Å². The zero-order chi connectivity index (χ0) is 9.19. The molecule has 0 aliphatic carbocycles. The Morgan fingerprint density at radius 3 is 2.75 bits per heavy atom. The van der Waals surface area contributed by atoms with E-state index in [9.17, 15) is 8.42 Å². The van der Waals surface area contributed by atoms with E-state index in [4.69, 9.17) is 9.88 Å². The van der Waals surface area contributed by atoms with Crippen LogP contribution < -0.4 is 9.86 Å². The molecule has 1 aliphatic heterocycles. The van der Waals surface area contributed by atoms with Gasteiger partial charge in [-0.2, -0.15) is 13.1 Å². The van der Waals surface area contributed by atoms with Crippen LogP contribution in [-0.4, -0.2) is 27.2 Å². The lowest BCUT2D eigenvalue weighted by atomic mass is 10.1. The van der Waals surface area contributed by atoms with Crippen LogP contribution in [0.1, 0.15) is 19.8 Å². The highest BCUT2D eigenvalue weighted by Crippen LogP contribution is 2.15. The van der Waals surface area contributed by atoms with Crippen molar-refractivity contribution in [1.29, 1.82) is 0 Å². The van der Waals surface area contributed by atoms with Crippen LogP contribution in [0.4, 0.5) is 0 Å². The molecule has 2 unspecified atom stereocenters. The fourth-order valence-electron chi connectivity index (χ4n) is 1.33. The number of nitrogens with one attached hydrogen (secondary N) is 1. The van der Waals surface area contributed by atoms with Gasteiger partial charge in [0.15, 0.2) is 0 Å². The van der Waals surface area contributed by atoms with Gasteiger partial charge in [0.1, 0.15) is 0 Å². The molecular weight excluding hydrogens is 180 g/mol. The van der Waals surface area contributed by atoms with E-state index in [0.717, 1.165) is 12.8 Å². The highest BCUT2D eigenvalue weighted by Gasteiger charge is 2.24. The summed E-state index contributed by atoms with van der Waals surface area (Å²) in [6.07, 6.45) is 1.86. The minimum Gasteiger partial charge on any atom is -0.377 e. The van der Waals surface area contributed by atoms with Gasteiger partial charge in [-0.1, -0.05) is 0 Å². The molecule has 0 aromatic rings. The van der Waals surface area contributed by atoms with Crippen molar-refractivity contribution >= 4 is 10.2 Å². The molecule has 0 amide bonds. The van der Waals surface area contributed by atoms with Crippen molar-refractivity contribution in [3.8, 4) is 0 Å². The second-order valence-corrected chi connectivity index (χ2v) is 4.33. The first-order valence-corrected chi connectivity index (χ1v) is 5.45. The predicted octanol–water partition coefficient (Wildman–Crippen LogP) is -0.653. The van der Waals surface area contributed by atoms with E-state index in [0.29, 0.717) is 6.61 Å². The SMILES string of the molecule is CC(NS(N)(=O)=O)C1CCCO1. The summed E-state index contributed by atoms with van der Waals surface area (Å²) in [5.41, 5.74) is 0. The maximum absolute atomic E-state index is 10.6. The monoisotopic (exact) mass is 194 g/mol. The van der Waals surface area contributed by atoms with E-state index >= 15 is 0 Å². The van der Waals surface area contributed by atoms with Crippen molar-refractivity contribution in [2.24, 2.45) is 5.14 Å². The van der Waals surface area contributed by atoms with Crippen molar-refractivity contribution < 1.29 is 13.2 Å². The Morgan fingerprint density at radius 1 is 1.67 bits per heavy atom. The number of rotatable bonds is 3. The molecule has 1 heterocycles. The van der Waals surface area contributed by atoms with Crippen molar-refractivity contribution in [2.45, 2.75) is 31.9 Å². The van der Waals surface area contributed by atoms with Gasteiger partial charge in [-0.3, -0.25) is 0 Å². The summed E-state index contributed by atoms with van der Waals surface area (Å²) in [6.45, 7) is 2.46. The van der Waals surface area contributed by atoms with E-state index in [-0.39, 0.29) is 12.1 Å². The molecule has 0 saturated carbocycles. The minimum absolute atomic E-state index is 0.0247. The minimum atomic E-state index is -3.59. The molecule has 1 fully saturated rings. The molecule has 3 N–H and O–H groups in total. The zero-order valence-corrected chi connectivity index (χ0v) is 7.80. The van der Waals surface area contributed by atoms with Crippen molar-refractivity contribution in [3.63, 3.8) is 0 Å². The van der Waals surface area contributed by atoms with E-state index in [1.54, 1.807) is 6.92 Å². The van der Waals surface area contributed by atoms with Gasteiger partial charge in [0.25, 0.3) is 10.2 Å². The van der Waals surface area contributed by atoms with Crippen molar-refractivity contribution in [2.75, 3.05) is 6.61 Å². The van der Waals surface area contributed by atoms with Crippen LogP contribution >= 0.6 is 0 Å². The van der Waals surface area contributed by atoms with Gasteiger partial charge < -0.3 is 4.74 Å². The van der Waals surface area contributed by atoms with E-state index < -0.39 is 10.2 Å². The normalized spacial score (nSPS) is 27.3. The molecule has 1 aliphatic rings. The topological polar surface area (TPSA) is 81.4 Å². The third kappa shape index (κ3) is 3.06. The van der Waals surface area contributed by atoms with E-state index in [1.165, 1.54) is 0 Å². The Kier molecular flexibility index (Phi) is 3.05. The molecule has 6 heteroatoms. The Hall–Kier alpha value is -0.170. The fraction of sp³-hybridized carbons (Fsp3) is 1.00. The van der Waals surface area contributed by atoms with Gasteiger partial charge in [-0.25, -0.2) is 5.14 Å². The largest absolute Gasteiger partial charge is 0.377 e. The molecule has 0 spiro atoms. The van der Waals surface area contributed by atoms with Gasteiger partial charge in [0, 0.05) is 12.6 Å². The summed E-state index contributed by atoms with van der Waals surface area (Å²) < 4.78 is 28.8. The number of nitrogens with two attached hydrogens (primary N) is 1. The first-order valence-electron chi connectivity index (χ1n) is 3.91. The molecule has 0 aromatic heterocycles. The Bertz CT molecular complexity index is 233. The predicted molar refractivity (Wildman–Crippen MR) is 44.7 cm³/mol. The average molecular weight is 194 g/mol. The first-order chi connectivity index (χ1) is 5.49. The standard InChI is InChI=1S/C6H14N2O3S/c1-5(8-12(7,9)10)6-3-2-4-11-6/h5-6,8H,2-4H2,1H3,(H2,7,9,10). The summed E-state index contributed by atoms with van der Waals surface area (Å²) in [5, 5.41) is 4.81. The lowest BCUT2D eigenvalue weighted by molar-refractivity contribution is 0.0902. The van der Waals surface area contributed by atoms with E-state index in [2.05, 4.69) is 4.72 Å². The van der Waals surface area contributed by atoms with Crippen LogP contribution in [0.5, 0.6) is 0 Å². The molecule has 1 saturated heterocycles. The summed E-state index contributed by atoms with van der Waals surface area (Å²) in [4.78, 5) is 0. The van der Waals surface area contributed by atoms with Crippen LogP contribution in [0, 0.1) is 0 Å². The number of ether oxygens (including phenoxy) is 1. The molecule has 2 atom stereocenters. The lowest BCUT2D eigenvalue weighted by Gasteiger charge is -2.17. The molecule has 12 heavy (non-hydrogen) atoms. The highest BCUT2D eigenvalue weighted by molar-refractivity contribution is 7.87. The Labute approximate surface area is 72.5 Å². The van der Waals surface area contributed by atoms with Gasteiger partial charge in [-0.05, 0) is 19.8 Å². The van der Waals surface area contributed by atoms with Crippen molar-refractivity contribution in [3.05, 3.63) is 0 Å². The summed E-state index contributed by atoms with van der Waals surface area (Å²) in [7, 11) is -3.59. The van der Waals surface area contributed by atoms with Gasteiger partial charge >= 0.3 is 0 Å². The van der Waals surface area contributed by atoms with Crippen LogP contribution in [0.3, 0.4) is 0 Å². The molecule has 0 aromatic carbocycles. The maximum Gasteiger partial charge on any atom is 0.274 e. The van der Waals surface area contributed by atoms with E-state index in [1.807, 2.05) is 0 Å². The maximum atomic E-state index is 10.6. The first kappa shape index (κ1) is 9.91. The molecule has 5 nitrogen and oxygen atoms in total. The fourth-order valence-corrected chi connectivity index (χ4v) is 2.00. The third-order valence-electron chi connectivity index (χ3n) is 1.87. The second kappa shape index (κ2) is 3.69. The Balaban J connectivity index is 2.42. The third-order valence-corrected chi connectivity index (χ3v) is 2.57. The lowest BCUT2D eigenvalue weighted by Crippen LogP contribution is -2.43. The van der Waals surface area contributed by atoms with Gasteiger partial charge in [0.2, 0.25) is 0 Å². The van der Waals surface area contributed by atoms with Crippen molar-refractivity contribution in [1.82, 2.24) is 4.72 Å². The summed E-state index contributed by atoms with van der Waals surface area (Å²) >= 11 is 0. The van der Waals surface area contributed by atoms with Gasteiger partial charge in [0.05, 0.1) is 6.10 Å². The number of hydrogen-bond donors (Lipinski definition) is 2.